The average molecular weight is 241 g/mol. The van der Waals surface area contributed by atoms with E-state index in [0.717, 1.165) is 0 Å². The van der Waals surface area contributed by atoms with Gasteiger partial charge in [0, 0.05) is 19.0 Å². The number of rotatable bonds is 1. The van der Waals surface area contributed by atoms with Crippen LogP contribution in [-0.2, 0) is 9.53 Å². The topological polar surface area (TPSA) is 84.7 Å². The molecule has 3 atom stereocenters. The molecule has 2 rings (SSSR count). The molecule has 2 aliphatic rings. The fourth-order valence-corrected chi connectivity index (χ4v) is 2.49. The summed E-state index contributed by atoms with van der Waals surface area (Å²) in [6.07, 6.45) is -0.295. The number of amides is 2. The first-order chi connectivity index (χ1) is 7.83. The Morgan fingerprint density at radius 3 is 2.24 bits per heavy atom. The lowest BCUT2D eigenvalue weighted by atomic mass is 10.2. The molecule has 0 unspecified atom stereocenters. The number of nitrogens with one attached hydrogen (secondary N) is 1. The van der Waals surface area contributed by atoms with E-state index in [4.69, 9.17) is 10.6 Å². The fraction of sp³-hybridized carbons (Fsp3) is 0.818. The summed E-state index contributed by atoms with van der Waals surface area (Å²) in [7, 11) is 0. The third kappa shape index (κ3) is 2.36. The Balaban J connectivity index is 1.83. The molecule has 1 aliphatic heterocycles. The van der Waals surface area contributed by atoms with Crippen molar-refractivity contribution >= 4 is 12.0 Å². The first-order valence-electron chi connectivity index (χ1n) is 5.82. The summed E-state index contributed by atoms with van der Waals surface area (Å²) in [6, 6.07) is 0. The van der Waals surface area contributed by atoms with Crippen LogP contribution in [0.15, 0.2) is 0 Å². The quantitative estimate of drug-likeness (QED) is 0.387. The van der Waals surface area contributed by atoms with E-state index in [1.165, 1.54) is 0 Å². The molecule has 0 aromatic carbocycles. The van der Waals surface area contributed by atoms with Crippen LogP contribution in [0.5, 0.6) is 0 Å². The van der Waals surface area contributed by atoms with Gasteiger partial charge in [0.2, 0.25) is 5.91 Å². The Morgan fingerprint density at radius 1 is 1.29 bits per heavy atom. The number of nitrogens with two attached hydrogens (primary N) is 1. The lowest BCUT2D eigenvalue weighted by Crippen LogP contribution is -2.39. The maximum absolute atomic E-state index is 11.8. The molecule has 0 aromatic heterocycles. The van der Waals surface area contributed by atoms with Gasteiger partial charge in [-0.25, -0.2) is 10.6 Å². The molecule has 1 saturated heterocycles. The van der Waals surface area contributed by atoms with Crippen LogP contribution in [0.3, 0.4) is 0 Å². The van der Waals surface area contributed by atoms with Gasteiger partial charge in [-0.2, -0.15) is 0 Å². The molecule has 1 aliphatic carbocycles. The van der Waals surface area contributed by atoms with Gasteiger partial charge >= 0.3 is 6.09 Å². The molecular formula is C11H19N3O3. The molecule has 96 valence electrons. The van der Waals surface area contributed by atoms with Gasteiger partial charge in [0.15, 0.2) is 0 Å². The Labute approximate surface area is 100 Å². The number of hydrogen-bond acceptors (Lipinski definition) is 4. The standard InChI is InChI=1S/C11H19N3O3/c1-11(2,3)17-10(16)14-4-6-7(5-14)8(6)9(15)13-12/h6-8H,4-5,12H2,1-3H3,(H,13,15)/t6-,7+,8+. The Morgan fingerprint density at radius 2 is 1.82 bits per heavy atom. The molecular weight excluding hydrogens is 222 g/mol. The Bertz CT molecular complexity index is 338. The highest BCUT2D eigenvalue weighted by Crippen LogP contribution is 2.51. The van der Waals surface area contributed by atoms with Crippen LogP contribution in [-0.4, -0.2) is 35.6 Å². The van der Waals surface area contributed by atoms with Crippen LogP contribution in [0.25, 0.3) is 0 Å². The molecule has 0 bridgehead atoms. The highest BCUT2D eigenvalue weighted by Gasteiger charge is 2.60. The zero-order valence-corrected chi connectivity index (χ0v) is 10.4. The fourth-order valence-electron chi connectivity index (χ4n) is 2.49. The van der Waals surface area contributed by atoms with E-state index in [-0.39, 0.29) is 29.8 Å². The zero-order valence-electron chi connectivity index (χ0n) is 10.4. The van der Waals surface area contributed by atoms with E-state index in [1.54, 1.807) is 4.90 Å². The summed E-state index contributed by atoms with van der Waals surface area (Å²) in [6.45, 7) is 6.71. The summed E-state index contributed by atoms with van der Waals surface area (Å²) < 4.78 is 5.27. The molecule has 6 heteroatoms. The molecule has 1 heterocycles. The normalized spacial score (nSPS) is 30.8. The van der Waals surface area contributed by atoms with Gasteiger partial charge in [0.1, 0.15) is 5.60 Å². The van der Waals surface area contributed by atoms with Crippen molar-refractivity contribution in [2.75, 3.05) is 13.1 Å². The highest BCUT2D eigenvalue weighted by atomic mass is 16.6. The minimum absolute atomic E-state index is 0.0151. The van der Waals surface area contributed by atoms with Crippen LogP contribution in [0.4, 0.5) is 4.79 Å². The first-order valence-corrected chi connectivity index (χ1v) is 5.82. The van der Waals surface area contributed by atoms with Gasteiger partial charge in [-0.05, 0) is 32.6 Å². The minimum atomic E-state index is -0.474. The second kappa shape index (κ2) is 3.87. The summed E-state index contributed by atoms with van der Waals surface area (Å²) >= 11 is 0. The summed E-state index contributed by atoms with van der Waals surface area (Å²) in [5, 5.41) is 0. The molecule has 1 saturated carbocycles. The molecule has 17 heavy (non-hydrogen) atoms. The SMILES string of the molecule is CC(C)(C)OC(=O)N1C[C@@H]2[C@H](C1)[C@H]2C(=O)NN. The lowest BCUT2D eigenvalue weighted by molar-refractivity contribution is -0.123. The number of hydrazine groups is 1. The Hall–Kier alpha value is -1.30. The van der Waals surface area contributed by atoms with E-state index in [9.17, 15) is 9.59 Å². The van der Waals surface area contributed by atoms with Crippen LogP contribution in [0.2, 0.25) is 0 Å². The Kier molecular flexibility index (Phi) is 2.77. The third-order valence-electron chi connectivity index (χ3n) is 3.29. The number of hydrogen-bond donors (Lipinski definition) is 2. The number of fused-ring (bicyclic) bond motifs is 1. The summed E-state index contributed by atoms with van der Waals surface area (Å²) in [4.78, 5) is 24.7. The predicted octanol–water partition coefficient (Wildman–Crippen LogP) is 0.0892. The largest absolute Gasteiger partial charge is 0.444 e. The highest BCUT2D eigenvalue weighted by molar-refractivity contribution is 5.82. The van der Waals surface area contributed by atoms with Crippen molar-refractivity contribution in [3.8, 4) is 0 Å². The van der Waals surface area contributed by atoms with Crippen molar-refractivity contribution in [1.82, 2.24) is 10.3 Å². The van der Waals surface area contributed by atoms with E-state index >= 15 is 0 Å². The molecule has 2 amide bonds. The van der Waals surface area contributed by atoms with Gasteiger partial charge in [-0.3, -0.25) is 10.2 Å². The molecule has 0 spiro atoms. The van der Waals surface area contributed by atoms with Gasteiger partial charge < -0.3 is 9.64 Å². The molecule has 0 radical (unpaired) electrons. The smallest absolute Gasteiger partial charge is 0.410 e. The molecule has 0 aromatic rings. The van der Waals surface area contributed by atoms with Gasteiger partial charge in [0.05, 0.1) is 0 Å². The lowest BCUT2D eigenvalue weighted by Gasteiger charge is -2.25. The predicted molar refractivity (Wildman–Crippen MR) is 60.6 cm³/mol. The van der Waals surface area contributed by atoms with Crippen molar-refractivity contribution in [2.24, 2.45) is 23.6 Å². The van der Waals surface area contributed by atoms with Crippen LogP contribution >= 0.6 is 0 Å². The number of carbonyl (C=O) groups is 2. The monoisotopic (exact) mass is 241 g/mol. The van der Waals surface area contributed by atoms with Crippen molar-refractivity contribution in [3.05, 3.63) is 0 Å². The van der Waals surface area contributed by atoms with E-state index in [2.05, 4.69) is 5.43 Å². The maximum atomic E-state index is 11.8. The third-order valence-corrected chi connectivity index (χ3v) is 3.29. The summed E-state index contributed by atoms with van der Waals surface area (Å²) in [5.41, 5.74) is 1.69. The van der Waals surface area contributed by atoms with Crippen LogP contribution in [0.1, 0.15) is 20.8 Å². The van der Waals surface area contributed by atoms with Crippen LogP contribution < -0.4 is 11.3 Å². The summed E-state index contributed by atoms with van der Waals surface area (Å²) in [5.74, 6) is 5.46. The number of piperidine rings is 1. The first kappa shape index (κ1) is 12.2. The molecule has 3 N–H and O–H groups in total. The van der Waals surface area contributed by atoms with Gasteiger partial charge in [0.25, 0.3) is 0 Å². The van der Waals surface area contributed by atoms with E-state index < -0.39 is 5.60 Å². The molecule has 6 nitrogen and oxygen atoms in total. The average Bonchev–Trinajstić information content (AvgIpc) is 2.69. The van der Waals surface area contributed by atoms with Crippen molar-refractivity contribution in [3.63, 3.8) is 0 Å². The van der Waals surface area contributed by atoms with Crippen molar-refractivity contribution in [1.29, 1.82) is 0 Å². The van der Waals surface area contributed by atoms with Gasteiger partial charge in [-0.15, -0.1) is 0 Å². The van der Waals surface area contributed by atoms with E-state index in [1.807, 2.05) is 20.8 Å². The second-order valence-corrected chi connectivity index (χ2v) is 5.75. The number of likely N-dealkylation sites (tertiary alicyclic amines) is 1. The van der Waals surface area contributed by atoms with E-state index in [0.29, 0.717) is 13.1 Å². The van der Waals surface area contributed by atoms with Crippen LogP contribution in [0, 0.1) is 17.8 Å². The zero-order chi connectivity index (χ0) is 12.8. The number of ether oxygens (including phenoxy) is 1. The molecule has 2 fully saturated rings. The minimum Gasteiger partial charge on any atom is -0.444 e. The second-order valence-electron chi connectivity index (χ2n) is 5.75. The van der Waals surface area contributed by atoms with Gasteiger partial charge in [-0.1, -0.05) is 0 Å². The number of carbonyl (C=O) groups excluding carboxylic acids is 2. The number of nitrogens with zero attached hydrogens (tertiary/aromatic N) is 1. The van der Waals surface area contributed by atoms with Crippen molar-refractivity contribution in [2.45, 2.75) is 26.4 Å². The van der Waals surface area contributed by atoms with Crippen molar-refractivity contribution < 1.29 is 14.3 Å². The maximum Gasteiger partial charge on any atom is 0.410 e.